The second kappa shape index (κ2) is 7.88. The molecule has 5 rings (SSSR count). The quantitative estimate of drug-likeness (QED) is 0.707. The Morgan fingerprint density at radius 2 is 1.62 bits per heavy atom. The minimum absolute atomic E-state index is 0.114. The summed E-state index contributed by atoms with van der Waals surface area (Å²) in [6, 6.07) is 4.91. The van der Waals surface area contributed by atoms with Crippen molar-refractivity contribution in [1.29, 1.82) is 0 Å². The van der Waals surface area contributed by atoms with Gasteiger partial charge in [0.15, 0.2) is 18.1 Å². The molecule has 4 aliphatic rings. The minimum Gasteiger partial charge on any atom is -0.493 e. The third-order valence-electron chi connectivity index (χ3n) is 7.34. The van der Waals surface area contributed by atoms with E-state index in [0.29, 0.717) is 17.1 Å². The number of nitrogens with one attached hydrogen (secondary N) is 1. The van der Waals surface area contributed by atoms with Gasteiger partial charge in [0, 0.05) is 6.04 Å². The number of carbonyl (C=O) groups is 2. The summed E-state index contributed by atoms with van der Waals surface area (Å²) < 4.78 is 15.6. The molecule has 1 aromatic rings. The topological polar surface area (TPSA) is 73.9 Å². The molecule has 1 amide bonds. The smallest absolute Gasteiger partial charge is 0.338 e. The summed E-state index contributed by atoms with van der Waals surface area (Å²) in [7, 11) is 3.04. The molecule has 0 heterocycles. The highest BCUT2D eigenvalue weighted by Gasteiger charge is 2.53. The maximum absolute atomic E-state index is 12.5. The van der Waals surface area contributed by atoms with Gasteiger partial charge in [-0.2, -0.15) is 0 Å². The van der Waals surface area contributed by atoms with Gasteiger partial charge in [0.25, 0.3) is 5.91 Å². The molecule has 0 spiro atoms. The van der Waals surface area contributed by atoms with Gasteiger partial charge < -0.3 is 19.5 Å². The van der Waals surface area contributed by atoms with E-state index < -0.39 is 5.97 Å². The van der Waals surface area contributed by atoms with Crippen LogP contribution in [0.2, 0.25) is 0 Å². The van der Waals surface area contributed by atoms with Crippen molar-refractivity contribution >= 4 is 11.9 Å². The maximum Gasteiger partial charge on any atom is 0.338 e. The van der Waals surface area contributed by atoms with E-state index in [0.717, 1.165) is 17.8 Å². The Morgan fingerprint density at radius 1 is 1.03 bits per heavy atom. The molecule has 29 heavy (non-hydrogen) atoms. The first-order valence-electron chi connectivity index (χ1n) is 10.6. The van der Waals surface area contributed by atoms with Crippen molar-refractivity contribution in [3.8, 4) is 11.5 Å². The van der Waals surface area contributed by atoms with Crippen LogP contribution in [0.4, 0.5) is 0 Å². The molecule has 0 aliphatic heterocycles. The van der Waals surface area contributed by atoms with Crippen LogP contribution < -0.4 is 14.8 Å². The standard InChI is InChI=1S/C23H31NO5/c1-14(23-10-15-6-16(11-23)8-17(7-15)12-23)24-21(25)13-29-22(26)18-4-5-19(27-2)20(9-18)28-3/h4-5,9,14-17H,6-8,10-13H2,1-3H3,(H,24,25)/t14-,15?,16?,17?,23?/m0/s1. The summed E-state index contributed by atoms with van der Waals surface area (Å²) >= 11 is 0. The largest absolute Gasteiger partial charge is 0.493 e. The van der Waals surface area contributed by atoms with Crippen LogP contribution in [0.3, 0.4) is 0 Å². The SMILES string of the molecule is COc1ccc(C(=O)OCC(=O)N[C@@H](C)C23CC4CC(CC(C4)C2)C3)cc1OC. The Balaban J connectivity index is 1.31. The normalized spacial score (nSPS) is 30.5. The molecule has 158 valence electrons. The number of rotatable bonds is 7. The van der Waals surface area contributed by atoms with Gasteiger partial charge in [0.1, 0.15) is 0 Å². The number of hydrogen-bond donors (Lipinski definition) is 1. The van der Waals surface area contributed by atoms with E-state index in [1.54, 1.807) is 18.2 Å². The fourth-order valence-corrected chi connectivity index (χ4v) is 6.32. The number of esters is 1. The second-order valence-electron chi connectivity index (χ2n) is 9.22. The van der Waals surface area contributed by atoms with Crippen LogP contribution in [-0.4, -0.2) is 38.7 Å². The average Bonchev–Trinajstić information content (AvgIpc) is 2.70. The zero-order valence-electron chi connectivity index (χ0n) is 17.5. The molecule has 4 saturated carbocycles. The number of benzene rings is 1. The maximum atomic E-state index is 12.5. The van der Waals surface area contributed by atoms with Crippen molar-refractivity contribution in [2.75, 3.05) is 20.8 Å². The fraction of sp³-hybridized carbons (Fsp3) is 0.652. The zero-order valence-corrected chi connectivity index (χ0v) is 17.5. The Bertz CT molecular complexity index is 754. The highest BCUT2D eigenvalue weighted by atomic mass is 16.5. The van der Waals surface area contributed by atoms with Crippen molar-refractivity contribution in [2.45, 2.75) is 51.5 Å². The third kappa shape index (κ3) is 3.94. The number of amides is 1. The van der Waals surface area contributed by atoms with E-state index in [9.17, 15) is 9.59 Å². The molecule has 6 heteroatoms. The lowest BCUT2D eigenvalue weighted by molar-refractivity contribution is -0.128. The molecule has 0 radical (unpaired) electrons. The summed E-state index contributed by atoms with van der Waals surface area (Å²) in [6.07, 6.45) is 7.82. The summed E-state index contributed by atoms with van der Waals surface area (Å²) in [4.78, 5) is 24.8. The predicted molar refractivity (Wildman–Crippen MR) is 108 cm³/mol. The zero-order chi connectivity index (χ0) is 20.6. The predicted octanol–water partition coefficient (Wildman–Crippen LogP) is 3.58. The molecule has 1 N–H and O–H groups in total. The summed E-state index contributed by atoms with van der Waals surface area (Å²) in [5.74, 6) is 2.70. The van der Waals surface area contributed by atoms with Gasteiger partial charge in [-0.1, -0.05) is 0 Å². The van der Waals surface area contributed by atoms with Crippen molar-refractivity contribution in [1.82, 2.24) is 5.32 Å². The van der Waals surface area contributed by atoms with Crippen LogP contribution in [0, 0.1) is 23.2 Å². The van der Waals surface area contributed by atoms with E-state index in [1.165, 1.54) is 52.7 Å². The molecule has 1 aromatic carbocycles. The van der Waals surface area contributed by atoms with Crippen LogP contribution >= 0.6 is 0 Å². The molecular weight excluding hydrogens is 370 g/mol. The summed E-state index contributed by atoms with van der Waals surface area (Å²) in [5.41, 5.74) is 0.558. The van der Waals surface area contributed by atoms with Gasteiger partial charge in [0.2, 0.25) is 0 Å². The van der Waals surface area contributed by atoms with Crippen molar-refractivity contribution < 1.29 is 23.8 Å². The highest BCUT2D eigenvalue weighted by Crippen LogP contribution is 2.61. The van der Waals surface area contributed by atoms with Gasteiger partial charge in [-0.25, -0.2) is 4.79 Å². The minimum atomic E-state index is -0.552. The second-order valence-corrected chi connectivity index (χ2v) is 9.22. The first-order chi connectivity index (χ1) is 13.9. The van der Waals surface area contributed by atoms with E-state index in [4.69, 9.17) is 14.2 Å². The number of ether oxygens (including phenoxy) is 3. The summed E-state index contributed by atoms with van der Waals surface area (Å²) in [6.45, 7) is 1.85. The number of methoxy groups -OCH3 is 2. The molecule has 6 nitrogen and oxygen atoms in total. The molecule has 0 aromatic heterocycles. The van der Waals surface area contributed by atoms with Gasteiger partial charge in [-0.05, 0) is 86.8 Å². The van der Waals surface area contributed by atoms with Crippen molar-refractivity contribution in [3.05, 3.63) is 23.8 Å². The molecule has 4 aliphatic carbocycles. The average molecular weight is 402 g/mol. The van der Waals surface area contributed by atoms with Crippen LogP contribution in [0.1, 0.15) is 55.8 Å². The lowest BCUT2D eigenvalue weighted by atomic mass is 9.48. The molecule has 1 atom stereocenters. The van der Waals surface area contributed by atoms with E-state index in [-0.39, 0.29) is 24.0 Å². The lowest BCUT2D eigenvalue weighted by Crippen LogP contribution is -2.56. The molecule has 0 unspecified atom stereocenters. The number of carbonyl (C=O) groups excluding carboxylic acids is 2. The third-order valence-corrected chi connectivity index (χ3v) is 7.34. The van der Waals surface area contributed by atoms with Crippen molar-refractivity contribution in [2.24, 2.45) is 23.2 Å². The van der Waals surface area contributed by atoms with Gasteiger partial charge in [-0.3, -0.25) is 4.79 Å². The molecule has 0 saturated heterocycles. The monoisotopic (exact) mass is 401 g/mol. The van der Waals surface area contributed by atoms with Crippen LogP contribution in [0.25, 0.3) is 0 Å². The first kappa shape index (κ1) is 20.0. The summed E-state index contributed by atoms with van der Waals surface area (Å²) in [5, 5.41) is 3.12. The van der Waals surface area contributed by atoms with Gasteiger partial charge in [0.05, 0.1) is 19.8 Å². The highest BCUT2D eigenvalue weighted by molar-refractivity contribution is 5.92. The van der Waals surface area contributed by atoms with Crippen LogP contribution in [-0.2, 0) is 9.53 Å². The first-order valence-corrected chi connectivity index (χ1v) is 10.6. The Hall–Kier alpha value is -2.24. The molecule has 4 bridgehead atoms. The van der Waals surface area contributed by atoms with E-state index in [1.807, 2.05) is 0 Å². The van der Waals surface area contributed by atoms with Crippen molar-refractivity contribution in [3.63, 3.8) is 0 Å². The molecule has 4 fully saturated rings. The Labute approximate surface area is 172 Å². The van der Waals surface area contributed by atoms with Gasteiger partial charge >= 0.3 is 5.97 Å². The fourth-order valence-electron chi connectivity index (χ4n) is 6.32. The molecular formula is C23H31NO5. The Morgan fingerprint density at radius 3 is 2.17 bits per heavy atom. The van der Waals surface area contributed by atoms with E-state index >= 15 is 0 Å². The van der Waals surface area contributed by atoms with Crippen LogP contribution in [0.15, 0.2) is 18.2 Å². The lowest BCUT2D eigenvalue weighted by Gasteiger charge is -2.59. The Kier molecular flexibility index (Phi) is 5.45. The van der Waals surface area contributed by atoms with E-state index in [2.05, 4.69) is 12.2 Å². The van der Waals surface area contributed by atoms with Gasteiger partial charge in [-0.15, -0.1) is 0 Å². The number of hydrogen-bond acceptors (Lipinski definition) is 5. The van der Waals surface area contributed by atoms with Crippen LogP contribution in [0.5, 0.6) is 11.5 Å².